The first-order valence-electron chi connectivity index (χ1n) is 6.39. The monoisotopic (exact) mass is 248 g/mol. The zero-order valence-electron chi connectivity index (χ0n) is 11.0. The van der Waals surface area contributed by atoms with Gasteiger partial charge in [0.15, 0.2) is 0 Å². The highest BCUT2D eigenvalue weighted by Crippen LogP contribution is 2.30. The average molecular weight is 248 g/mol. The first-order valence-corrected chi connectivity index (χ1v) is 6.39. The van der Waals surface area contributed by atoms with Gasteiger partial charge in [0.25, 0.3) is 5.91 Å². The fourth-order valence-electron chi connectivity index (χ4n) is 1.96. The van der Waals surface area contributed by atoms with Crippen molar-refractivity contribution in [2.75, 3.05) is 25.9 Å². The summed E-state index contributed by atoms with van der Waals surface area (Å²) in [6.45, 7) is 3.31. The van der Waals surface area contributed by atoms with Gasteiger partial charge >= 0.3 is 0 Å². The van der Waals surface area contributed by atoms with Gasteiger partial charge in [0.05, 0.1) is 12.3 Å². The number of nitrogens with zero attached hydrogens (tertiary/aromatic N) is 1. The molecular weight excluding hydrogens is 228 g/mol. The van der Waals surface area contributed by atoms with Crippen molar-refractivity contribution < 1.29 is 9.53 Å². The number of hydrogen-bond acceptors (Lipinski definition) is 3. The molecule has 18 heavy (non-hydrogen) atoms. The lowest BCUT2D eigenvalue weighted by Gasteiger charge is -2.17. The number of benzene rings is 1. The number of amides is 1. The van der Waals surface area contributed by atoms with Crippen molar-refractivity contribution in [2.45, 2.75) is 19.8 Å². The van der Waals surface area contributed by atoms with Gasteiger partial charge < -0.3 is 15.4 Å². The molecule has 0 saturated heterocycles. The van der Waals surface area contributed by atoms with Crippen LogP contribution in [0, 0.1) is 5.92 Å². The highest BCUT2D eigenvalue weighted by molar-refractivity contribution is 5.95. The van der Waals surface area contributed by atoms with E-state index in [1.807, 2.05) is 14.0 Å². The van der Waals surface area contributed by atoms with Gasteiger partial charge in [0, 0.05) is 19.2 Å². The summed E-state index contributed by atoms with van der Waals surface area (Å²) in [4.78, 5) is 13.9. The van der Waals surface area contributed by atoms with Gasteiger partial charge in [-0.3, -0.25) is 4.79 Å². The second-order valence-corrected chi connectivity index (χ2v) is 4.81. The first-order chi connectivity index (χ1) is 8.61. The molecule has 98 valence electrons. The van der Waals surface area contributed by atoms with Crippen LogP contribution in [0.2, 0.25) is 0 Å². The van der Waals surface area contributed by atoms with Crippen LogP contribution >= 0.6 is 0 Å². The second-order valence-electron chi connectivity index (χ2n) is 4.81. The third-order valence-electron chi connectivity index (χ3n) is 3.13. The summed E-state index contributed by atoms with van der Waals surface area (Å²) in [5, 5.41) is 0. The van der Waals surface area contributed by atoms with Crippen LogP contribution in [0.3, 0.4) is 0 Å². The van der Waals surface area contributed by atoms with Crippen molar-refractivity contribution in [2.24, 2.45) is 5.92 Å². The molecule has 1 aromatic carbocycles. The minimum absolute atomic E-state index is 0.0247. The van der Waals surface area contributed by atoms with Crippen molar-refractivity contribution in [3.63, 3.8) is 0 Å². The molecule has 1 amide bonds. The van der Waals surface area contributed by atoms with Crippen LogP contribution in [0.25, 0.3) is 0 Å². The van der Waals surface area contributed by atoms with Crippen LogP contribution in [0.1, 0.15) is 30.1 Å². The summed E-state index contributed by atoms with van der Waals surface area (Å²) < 4.78 is 5.36. The zero-order valence-corrected chi connectivity index (χ0v) is 11.0. The Morgan fingerprint density at radius 2 is 2.22 bits per heavy atom. The maximum atomic E-state index is 12.2. The molecular formula is C14H20N2O2. The van der Waals surface area contributed by atoms with Crippen LogP contribution in [-0.2, 0) is 0 Å². The topological polar surface area (TPSA) is 55.6 Å². The van der Waals surface area contributed by atoms with E-state index in [0.29, 0.717) is 29.5 Å². The molecule has 4 nitrogen and oxygen atoms in total. The minimum atomic E-state index is 0.0247. The van der Waals surface area contributed by atoms with E-state index in [-0.39, 0.29) is 5.91 Å². The molecule has 2 N–H and O–H groups in total. The molecule has 1 saturated carbocycles. The first kappa shape index (κ1) is 12.7. The number of carbonyl (C=O) groups is 1. The number of rotatable bonds is 5. The summed E-state index contributed by atoms with van der Waals surface area (Å²) in [7, 11) is 1.84. The lowest BCUT2D eigenvalue weighted by Crippen LogP contribution is -2.28. The number of nitrogens with two attached hydrogens (primary N) is 1. The molecule has 0 aromatic heterocycles. The third kappa shape index (κ3) is 2.94. The normalized spacial score (nSPS) is 14.3. The van der Waals surface area contributed by atoms with E-state index in [1.54, 1.807) is 23.1 Å². The maximum absolute atomic E-state index is 12.2. The molecule has 0 spiro atoms. The quantitative estimate of drug-likeness (QED) is 0.812. The van der Waals surface area contributed by atoms with Gasteiger partial charge in [-0.2, -0.15) is 0 Å². The van der Waals surface area contributed by atoms with Gasteiger partial charge in [0.2, 0.25) is 0 Å². The van der Waals surface area contributed by atoms with E-state index in [1.165, 1.54) is 12.8 Å². The highest BCUT2D eigenvalue weighted by Gasteiger charge is 2.25. The summed E-state index contributed by atoms with van der Waals surface area (Å²) >= 11 is 0. The summed E-state index contributed by atoms with van der Waals surface area (Å²) in [6.07, 6.45) is 2.48. The zero-order chi connectivity index (χ0) is 13.1. The Morgan fingerprint density at radius 3 is 2.78 bits per heavy atom. The Kier molecular flexibility index (Phi) is 3.75. The maximum Gasteiger partial charge on any atom is 0.253 e. The van der Waals surface area contributed by atoms with Gasteiger partial charge in [-0.1, -0.05) is 0 Å². The van der Waals surface area contributed by atoms with Crippen LogP contribution in [0.5, 0.6) is 5.75 Å². The fourth-order valence-corrected chi connectivity index (χ4v) is 1.96. The molecule has 0 atom stereocenters. The molecule has 1 aliphatic rings. The Hall–Kier alpha value is -1.71. The molecule has 1 aromatic rings. The predicted molar refractivity (Wildman–Crippen MR) is 71.7 cm³/mol. The molecule has 2 rings (SSSR count). The smallest absolute Gasteiger partial charge is 0.253 e. The fraction of sp³-hybridized carbons (Fsp3) is 0.500. The Balaban J connectivity index is 2.07. The number of nitrogen functional groups attached to an aromatic ring is 1. The summed E-state index contributed by atoms with van der Waals surface area (Å²) in [6, 6.07) is 5.22. The van der Waals surface area contributed by atoms with E-state index in [9.17, 15) is 4.79 Å². The van der Waals surface area contributed by atoms with Gasteiger partial charge in [-0.05, 0) is 43.9 Å². The predicted octanol–water partition coefficient (Wildman–Crippen LogP) is 2.15. The van der Waals surface area contributed by atoms with Crippen molar-refractivity contribution in [3.05, 3.63) is 23.8 Å². The van der Waals surface area contributed by atoms with E-state index in [0.717, 1.165) is 6.54 Å². The number of hydrogen-bond donors (Lipinski definition) is 1. The van der Waals surface area contributed by atoms with Crippen LogP contribution in [-0.4, -0.2) is 31.0 Å². The molecule has 0 bridgehead atoms. The second kappa shape index (κ2) is 5.29. The van der Waals surface area contributed by atoms with E-state index < -0.39 is 0 Å². The minimum Gasteiger partial charge on any atom is -0.492 e. The summed E-state index contributed by atoms with van der Waals surface area (Å²) in [5.41, 5.74) is 7.00. The van der Waals surface area contributed by atoms with Crippen LogP contribution in [0.15, 0.2) is 18.2 Å². The average Bonchev–Trinajstić information content (AvgIpc) is 3.15. The third-order valence-corrected chi connectivity index (χ3v) is 3.13. The Labute approximate surface area is 108 Å². The van der Waals surface area contributed by atoms with Crippen LogP contribution in [0.4, 0.5) is 5.69 Å². The van der Waals surface area contributed by atoms with E-state index >= 15 is 0 Å². The van der Waals surface area contributed by atoms with Gasteiger partial charge in [-0.25, -0.2) is 0 Å². The van der Waals surface area contributed by atoms with Gasteiger partial charge in [-0.15, -0.1) is 0 Å². The van der Waals surface area contributed by atoms with Crippen molar-refractivity contribution in [3.8, 4) is 5.75 Å². The molecule has 1 fully saturated rings. The standard InChI is InChI=1S/C14H20N2O2/c1-3-18-13-7-6-11(8-12(13)15)14(17)16(2)9-10-4-5-10/h6-8,10H,3-5,9,15H2,1-2H3. The lowest BCUT2D eigenvalue weighted by molar-refractivity contribution is 0.0788. The van der Waals surface area contributed by atoms with E-state index in [2.05, 4.69) is 0 Å². The van der Waals surface area contributed by atoms with E-state index in [4.69, 9.17) is 10.5 Å². The van der Waals surface area contributed by atoms with Gasteiger partial charge in [0.1, 0.15) is 5.75 Å². The molecule has 4 heteroatoms. The molecule has 0 aliphatic heterocycles. The van der Waals surface area contributed by atoms with Crippen molar-refractivity contribution >= 4 is 11.6 Å². The van der Waals surface area contributed by atoms with Crippen molar-refractivity contribution in [1.29, 1.82) is 0 Å². The Morgan fingerprint density at radius 1 is 1.50 bits per heavy atom. The largest absolute Gasteiger partial charge is 0.492 e. The molecule has 0 heterocycles. The van der Waals surface area contributed by atoms with Crippen molar-refractivity contribution in [1.82, 2.24) is 4.90 Å². The number of anilines is 1. The SMILES string of the molecule is CCOc1ccc(C(=O)N(C)CC2CC2)cc1N. The molecule has 0 radical (unpaired) electrons. The lowest BCUT2D eigenvalue weighted by atomic mass is 10.1. The summed E-state index contributed by atoms with van der Waals surface area (Å²) in [5.74, 6) is 1.36. The number of ether oxygens (including phenoxy) is 1. The highest BCUT2D eigenvalue weighted by atomic mass is 16.5. The molecule has 0 unspecified atom stereocenters. The molecule has 1 aliphatic carbocycles. The Bertz CT molecular complexity index is 441. The number of carbonyl (C=O) groups excluding carboxylic acids is 1. The van der Waals surface area contributed by atoms with Crippen LogP contribution < -0.4 is 10.5 Å².